The first-order chi connectivity index (χ1) is 8.00. The first-order valence-electron chi connectivity index (χ1n) is 5.75. The van der Waals surface area contributed by atoms with Gasteiger partial charge in [-0.25, -0.2) is 0 Å². The molecule has 0 aliphatic carbocycles. The lowest BCUT2D eigenvalue weighted by molar-refractivity contribution is 0.778. The van der Waals surface area contributed by atoms with E-state index < -0.39 is 0 Å². The maximum absolute atomic E-state index is 5.35. The number of aryl methyl sites for hydroxylation is 2. The van der Waals surface area contributed by atoms with Crippen LogP contribution in [0.15, 0.2) is 18.3 Å². The Labute approximate surface area is 107 Å². The summed E-state index contributed by atoms with van der Waals surface area (Å²) < 4.78 is 2.80. The van der Waals surface area contributed by atoms with Crippen LogP contribution in [0.4, 0.5) is 0 Å². The average molecular weight is 247 g/mol. The molecule has 0 radical (unpaired) electrons. The van der Waals surface area contributed by atoms with E-state index in [1.54, 1.807) is 0 Å². The third-order valence-electron chi connectivity index (χ3n) is 2.83. The van der Waals surface area contributed by atoms with Gasteiger partial charge in [-0.1, -0.05) is 13.8 Å². The predicted molar refractivity (Wildman–Crippen MR) is 72.3 cm³/mol. The van der Waals surface area contributed by atoms with Crippen LogP contribution in [-0.4, -0.2) is 14.5 Å². The van der Waals surface area contributed by atoms with Crippen LogP contribution in [-0.2, 0) is 0 Å². The van der Waals surface area contributed by atoms with Gasteiger partial charge in [-0.05, 0) is 44.1 Å². The summed E-state index contributed by atoms with van der Waals surface area (Å²) in [5.41, 5.74) is 4.27. The number of nitrogens with zero attached hydrogens (tertiary/aromatic N) is 2. The van der Waals surface area contributed by atoms with Crippen molar-refractivity contribution in [3.63, 3.8) is 0 Å². The van der Waals surface area contributed by atoms with Crippen LogP contribution < -0.4 is 0 Å². The highest BCUT2D eigenvalue weighted by Gasteiger charge is 2.11. The summed E-state index contributed by atoms with van der Waals surface area (Å²) in [5, 5.41) is 0. The molecule has 0 saturated heterocycles. The quantitative estimate of drug-likeness (QED) is 0.821. The first kappa shape index (κ1) is 12.0. The monoisotopic (exact) mass is 247 g/mol. The molecule has 0 aliphatic heterocycles. The summed E-state index contributed by atoms with van der Waals surface area (Å²) in [5.74, 6) is 0.420. The van der Waals surface area contributed by atoms with Crippen molar-refractivity contribution in [3.8, 4) is 5.69 Å². The number of pyridine rings is 1. The van der Waals surface area contributed by atoms with Gasteiger partial charge in [-0.2, -0.15) is 0 Å². The van der Waals surface area contributed by atoms with Crippen molar-refractivity contribution in [1.29, 1.82) is 0 Å². The highest BCUT2D eigenvalue weighted by Crippen LogP contribution is 2.21. The van der Waals surface area contributed by atoms with Gasteiger partial charge in [0.1, 0.15) is 0 Å². The van der Waals surface area contributed by atoms with Gasteiger partial charge in [0.05, 0.1) is 11.4 Å². The highest BCUT2D eigenvalue weighted by atomic mass is 32.1. The molecule has 0 bridgehead atoms. The van der Waals surface area contributed by atoms with Crippen LogP contribution in [0.3, 0.4) is 0 Å². The number of imidazole rings is 1. The molecule has 90 valence electrons. The van der Waals surface area contributed by atoms with E-state index in [1.807, 2.05) is 26.1 Å². The second-order valence-electron chi connectivity index (χ2n) is 4.57. The van der Waals surface area contributed by atoms with E-state index in [9.17, 15) is 0 Å². The summed E-state index contributed by atoms with van der Waals surface area (Å²) in [4.78, 5) is 7.60. The Hall–Kier alpha value is -1.42. The predicted octanol–water partition coefficient (Wildman–Crippen LogP) is 3.67. The minimum atomic E-state index is 0.420. The van der Waals surface area contributed by atoms with Gasteiger partial charge < -0.3 is 4.98 Å². The number of hydrogen-bond acceptors (Lipinski definition) is 2. The average Bonchev–Trinajstić information content (AvgIpc) is 2.60. The largest absolute Gasteiger partial charge is 0.337 e. The van der Waals surface area contributed by atoms with Crippen molar-refractivity contribution in [2.24, 2.45) is 0 Å². The molecule has 0 spiro atoms. The minimum Gasteiger partial charge on any atom is -0.337 e. The lowest BCUT2D eigenvalue weighted by atomic mass is 10.1. The van der Waals surface area contributed by atoms with Gasteiger partial charge in [0.2, 0.25) is 0 Å². The Kier molecular flexibility index (Phi) is 3.15. The number of H-pyrrole nitrogens is 1. The topological polar surface area (TPSA) is 33.6 Å². The van der Waals surface area contributed by atoms with Crippen LogP contribution in [0.1, 0.15) is 36.8 Å². The van der Waals surface area contributed by atoms with E-state index in [1.165, 1.54) is 5.69 Å². The molecule has 17 heavy (non-hydrogen) atoms. The van der Waals surface area contributed by atoms with Crippen LogP contribution in [0.2, 0.25) is 0 Å². The van der Waals surface area contributed by atoms with Crippen molar-refractivity contribution in [1.82, 2.24) is 14.5 Å². The number of aromatic nitrogens is 3. The molecule has 3 nitrogen and oxygen atoms in total. The van der Waals surface area contributed by atoms with Gasteiger partial charge >= 0.3 is 0 Å². The Morgan fingerprint density at radius 2 is 2.00 bits per heavy atom. The third-order valence-corrected chi connectivity index (χ3v) is 3.13. The Bertz CT molecular complexity index is 593. The van der Waals surface area contributed by atoms with Crippen molar-refractivity contribution >= 4 is 12.2 Å². The highest BCUT2D eigenvalue weighted by molar-refractivity contribution is 7.71. The fraction of sp³-hybridized carbons (Fsp3) is 0.385. The normalized spacial score (nSPS) is 11.1. The standard InChI is InChI=1S/C13H17N3S/c1-8(2)12-7-14-13(17)16(12)11-6-5-9(3)15-10(11)4/h5-8H,1-4H3,(H,14,17). The molecule has 2 aromatic heterocycles. The fourth-order valence-electron chi connectivity index (χ4n) is 1.97. The second kappa shape index (κ2) is 4.45. The Balaban J connectivity index is 2.68. The molecule has 2 heterocycles. The maximum Gasteiger partial charge on any atom is 0.182 e. The molecule has 0 fully saturated rings. The molecule has 2 aromatic rings. The van der Waals surface area contributed by atoms with Gasteiger partial charge in [0.25, 0.3) is 0 Å². The number of aromatic amines is 1. The molecule has 0 aliphatic rings. The van der Waals surface area contributed by atoms with Crippen LogP contribution in [0.5, 0.6) is 0 Å². The molecule has 0 unspecified atom stereocenters. The van der Waals surface area contributed by atoms with E-state index in [0.29, 0.717) is 5.92 Å². The van der Waals surface area contributed by atoms with Gasteiger partial charge in [0.15, 0.2) is 4.77 Å². The zero-order chi connectivity index (χ0) is 12.6. The van der Waals surface area contributed by atoms with Gasteiger partial charge in [-0.3, -0.25) is 9.55 Å². The Morgan fingerprint density at radius 3 is 2.59 bits per heavy atom. The van der Waals surface area contributed by atoms with Crippen molar-refractivity contribution < 1.29 is 0 Å². The molecule has 0 atom stereocenters. The zero-order valence-corrected chi connectivity index (χ0v) is 11.4. The lowest BCUT2D eigenvalue weighted by Crippen LogP contribution is -2.05. The number of rotatable bonds is 2. The molecule has 0 amide bonds. The summed E-state index contributed by atoms with van der Waals surface area (Å²) in [6.45, 7) is 8.33. The van der Waals surface area contributed by atoms with E-state index in [2.05, 4.69) is 34.4 Å². The van der Waals surface area contributed by atoms with Crippen molar-refractivity contribution in [3.05, 3.63) is 40.2 Å². The van der Waals surface area contributed by atoms with Crippen LogP contribution in [0.25, 0.3) is 5.69 Å². The minimum absolute atomic E-state index is 0.420. The van der Waals surface area contributed by atoms with E-state index >= 15 is 0 Å². The third kappa shape index (κ3) is 2.17. The summed E-state index contributed by atoms with van der Waals surface area (Å²) in [6, 6.07) is 4.09. The summed E-state index contributed by atoms with van der Waals surface area (Å²) in [7, 11) is 0. The molecule has 1 N–H and O–H groups in total. The molecule has 0 aromatic carbocycles. The van der Waals surface area contributed by atoms with Crippen molar-refractivity contribution in [2.45, 2.75) is 33.6 Å². The molecule has 2 rings (SSSR count). The SMILES string of the molecule is Cc1ccc(-n2c(C(C)C)c[nH]c2=S)c(C)n1. The smallest absolute Gasteiger partial charge is 0.182 e. The van der Waals surface area contributed by atoms with Crippen LogP contribution in [0, 0.1) is 18.6 Å². The number of hydrogen-bond donors (Lipinski definition) is 1. The summed E-state index contributed by atoms with van der Waals surface area (Å²) >= 11 is 5.35. The molecular weight excluding hydrogens is 230 g/mol. The van der Waals surface area contributed by atoms with E-state index in [0.717, 1.165) is 21.8 Å². The molecule has 0 saturated carbocycles. The fourth-order valence-corrected chi connectivity index (χ4v) is 2.23. The zero-order valence-electron chi connectivity index (χ0n) is 10.6. The molecular formula is C13H17N3S. The van der Waals surface area contributed by atoms with Crippen molar-refractivity contribution in [2.75, 3.05) is 0 Å². The van der Waals surface area contributed by atoms with E-state index in [4.69, 9.17) is 12.2 Å². The maximum atomic E-state index is 5.35. The van der Waals surface area contributed by atoms with Gasteiger partial charge in [-0.15, -0.1) is 0 Å². The Morgan fingerprint density at radius 1 is 1.29 bits per heavy atom. The molecule has 4 heteroatoms. The first-order valence-corrected chi connectivity index (χ1v) is 6.16. The summed E-state index contributed by atoms with van der Waals surface area (Å²) in [6.07, 6.45) is 1.98. The van der Waals surface area contributed by atoms with Gasteiger partial charge in [0, 0.05) is 17.6 Å². The lowest BCUT2D eigenvalue weighted by Gasteiger charge is -2.13. The second-order valence-corrected chi connectivity index (χ2v) is 4.95. The van der Waals surface area contributed by atoms with Crippen LogP contribution >= 0.6 is 12.2 Å². The van der Waals surface area contributed by atoms with E-state index in [-0.39, 0.29) is 0 Å². The number of nitrogens with one attached hydrogen (secondary N) is 1.